The number of amides is 2. The largest absolute Gasteiger partial charge is 0.493 e. The first kappa shape index (κ1) is 19.5. The second kappa shape index (κ2) is 8.64. The molecule has 0 bridgehead atoms. The standard InChI is InChI=1S/C19H23N3O6/c1-26-17-10-12(15(22(24)25)11-18(17)27-2)6-8-20-19(23)21-14-4-3-5-16-13(14)7-9-28-16/h7,9-11,14H,3-6,8H2,1-2H3,(H2,20,21,23)/t14-/m1/s1. The van der Waals surface area contributed by atoms with E-state index in [0.717, 1.165) is 30.6 Å². The highest BCUT2D eigenvalue weighted by Gasteiger charge is 2.24. The summed E-state index contributed by atoms with van der Waals surface area (Å²) in [5.74, 6) is 1.61. The van der Waals surface area contributed by atoms with Crippen LogP contribution in [0.3, 0.4) is 0 Å². The first-order valence-corrected chi connectivity index (χ1v) is 9.03. The number of carbonyl (C=O) groups excluding carboxylic acids is 1. The summed E-state index contributed by atoms with van der Waals surface area (Å²) in [6.07, 6.45) is 4.60. The molecule has 1 aliphatic carbocycles. The molecule has 9 nitrogen and oxygen atoms in total. The molecular weight excluding hydrogens is 366 g/mol. The lowest BCUT2D eigenvalue weighted by Gasteiger charge is -2.22. The minimum atomic E-state index is -0.472. The molecule has 28 heavy (non-hydrogen) atoms. The van der Waals surface area contributed by atoms with Gasteiger partial charge in [-0.1, -0.05) is 0 Å². The number of ether oxygens (including phenoxy) is 2. The van der Waals surface area contributed by atoms with Crippen molar-refractivity contribution < 1.29 is 23.6 Å². The Morgan fingerprint density at radius 2 is 2.07 bits per heavy atom. The third-order valence-electron chi connectivity index (χ3n) is 4.82. The number of aryl methyl sites for hydroxylation is 1. The molecule has 2 amide bonds. The molecule has 0 aliphatic heterocycles. The van der Waals surface area contributed by atoms with E-state index in [1.54, 1.807) is 12.3 Å². The summed E-state index contributed by atoms with van der Waals surface area (Å²) >= 11 is 0. The molecule has 0 fully saturated rings. The van der Waals surface area contributed by atoms with Gasteiger partial charge in [-0.3, -0.25) is 10.1 Å². The maximum atomic E-state index is 12.2. The van der Waals surface area contributed by atoms with Crippen molar-refractivity contribution >= 4 is 11.7 Å². The third kappa shape index (κ3) is 4.19. The van der Waals surface area contributed by atoms with E-state index in [1.165, 1.54) is 20.3 Å². The van der Waals surface area contributed by atoms with Crippen molar-refractivity contribution in [3.8, 4) is 11.5 Å². The molecule has 0 radical (unpaired) electrons. The van der Waals surface area contributed by atoms with E-state index >= 15 is 0 Å². The van der Waals surface area contributed by atoms with Crippen molar-refractivity contribution in [3.05, 3.63) is 51.5 Å². The molecule has 2 N–H and O–H groups in total. The molecule has 1 aliphatic rings. The Labute approximate surface area is 162 Å². The van der Waals surface area contributed by atoms with Gasteiger partial charge < -0.3 is 24.5 Å². The zero-order valence-electron chi connectivity index (χ0n) is 15.8. The highest BCUT2D eigenvalue weighted by molar-refractivity contribution is 5.74. The van der Waals surface area contributed by atoms with Crippen LogP contribution in [0.5, 0.6) is 11.5 Å². The maximum Gasteiger partial charge on any atom is 0.315 e. The minimum absolute atomic E-state index is 0.0739. The zero-order chi connectivity index (χ0) is 20.1. The molecule has 1 heterocycles. The zero-order valence-corrected chi connectivity index (χ0v) is 15.8. The van der Waals surface area contributed by atoms with E-state index in [9.17, 15) is 14.9 Å². The van der Waals surface area contributed by atoms with Crippen molar-refractivity contribution in [3.63, 3.8) is 0 Å². The number of carbonyl (C=O) groups is 1. The van der Waals surface area contributed by atoms with E-state index < -0.39 is 4.92 Å². The van der Waals surface area contributed by atoms with E-state index in [0.29, 0.717) is 11.3 Å². The lowest BCUT2D eigenvalue weighted by atomic mass is 9.93. The summed E-state index contributed by atoms with van der Waals surface area (Å²) in [5, 5.41) is 17.0. The number of fused-ring (bicyclic) bond motifs is 1. The average molecular weight is 389 g/mol. The monoisotopic (exact) mass is 389 g/mol. The number of hydrogen-bond donors (Lipinski definition) is 2. The number of nitro groups is 1. The summed E-state index contributed by atoms with van der Waals surface area (Å²) in [5.41, 5.74) is 1.39. The Bertz CT molecular complexity index is 863. The normalized spacial score (nSPS) is 15.4. The molecule has 3 rings (SSSR count). The molecule has 1 atom stereocenters. The number of benzene rings is 1. The Balaban J connectivity index is 1.60. The highest BCUT2D eigenvalue weighted by Crippen LogP contribution is 2.34. The van der Waals surface area contributed by atoms with Crippen LogP contribution in [0.1, 0.15) is 35.8 Å². The quantitative estimate of drug-likeness (QED) is 0.555. The Morgan fingerprint density at radius 3 is 2.79 bits per heavy atom. The van der Waals surface area contributed by atoms with Crippen LogP contribution < -0.4 is 20.1 Å². The molecule has 0 spiro atoms. The van der Waals surface area contributed by atoms with Crippen LogP contribution in [-0.2, 0) is 12.8 Å². The summed E-state index contributed by atoms with van der Waals surface area (Å²) in [6.45, 7) is 0.243. The second-order valence-corrected chi connectivity index (χ2v) is 6.49. The molecule has 0 saturated carbocycles. The van der Waals surface area contributed by atoms with Crippen molar-refractivity contribution in [2.75, 3.05) is 20.8 Å². The van der Waals surface area contributed by atoms with Crippen LogP contribution in [0.25, 0.3) is 0 Å². The third-order valence-corrected chi connectivity index (χ3v) is 4.82. The minimum Gasteiger partial charge on any atom is -0.493 e. The van der Waals surface area contributed by atoms with Crippen LogP contribution in [0, 0.1) is 10.1 Å². The summed E-state index contributed by atoms with van der Waals surface area (Å²) in [6, 6.07) is 4.37. The average Bonchev–Trinajstić information content (AvgIpc) is 3.17. The lowest BCUT2D eigenvalue weighted by Crippen LogP contribution is -2.39. The van der Waals surface area contributed by atoms with Crippen molar-refractivity contribution in [2.45, 2.75) is 31.7 Å². The van der Waals surface area contributed by atoms with Gasteiger partial charge in [0.1, 0.15) is 5.76 Å². The predicted molar refractivity (Wildman–Crippen MR) is 101 cm³/mol. The molecule has 1 aromatic heterocycles. The smallest absolute Gasteiger partial charge is 0.315 e. The topological polar surface area (TPSA) is 116 Å². The number of hydrogen-bond acceptors (Lipinski definition) is 6. The first-order chi connectivity index (χ1) is 13.5. The molecule has 1 aromatic carbocycles. The molecular formula is C19H23N3O6. The fraction of sp³-hybridized carbons (Fsp3) is 0.421. The van der Waals surface area contributed by atoms with E-state index in [4.69, 9.17) is 13.9 Å². The SMILES string of the molecule is COc1cc(CCNC(=O)N[C@@H]2CCCc3occc32)c([N+](=O)[O-])cc1OC. The summed E-state index contributed by atoms with van der Waals surface area (Å²) in [4.78, 5) is 23.1. The van der Waals surface area contributed by atoms with Gasteiger partial charge in [0.25, 0.3) is 5.69 Å². The van der Waals surface area contributed by atoms with E-state index in [2.05, 4.69) is 10.6 Å². The van der Waals surface area contributed by atoms with Gasteiger partial charge in [-0.05, 0) is 31.4 Å². The summed E-state index contributed by atoms with van der Waals surface area (Å²) in [7, 11) is 2.89. The highest BCUT2D eigenvalue weighted by atomic mass is 16.6. The number of furan rings is 1. The van der Waals surface area contributed by atoms with E-state index in [-0.39, 0.29) is 36.5 Å². The van der Waals surface area contributed by atoms with Crippen LogP contribution >= 0.6 is 0 Å². The Kier molecular flexibility index (Phi) is 6.03. The van der Waals surface area contributed by atoms with Gasteiger partial charge in [0.2, 0.25) is 0 Å². The maximum absolute atomic E-state index is 12.2. The van der Waals surface area contributed by atoms with Crippen molar-refractivity contribution in [1.82, 2.24) is 10.6 Å². The number of methoxy groups -OCH3 is 2. The molecule has 150 valence electrons. The van der Waals surface area contributed by atoms with Gasteiger partial charge in [0, 0.05) is 24.1 Å². The van der Waals surface area contributed by atoms with Crippen molar-refractivity contribution in [1.29, 1.82) is 0 Å². The number of urea groups is 1. The predicted octanol–water partition coefficient (Wildman–Crippen LogP) is 3.12. The molecule has 0 saturated heterocycles. The fourth-order valence-electron chi connectivity index (χ4n) is 3.44. The van der Waals surface area contributed by atoms with Gasteiger partial charge in [-0.2, -0.15) is 0 Å². The van der Waals surface area contributed by atoms with E-state index in [1.807, 2.05) is 6.07 Å². The van der Waals surface area contributed by atoms with Gasteiger partial charge in [0.15, 0.2) is 11.5 Å². The van der Waals surface area contributed by atoms with Crippen LogP contribution in [0.4, 0.5) is 10.5 Å². The molecule has 2 aromatic rings. The summed E-state index contributed by atoms with van der Waals surface area (Å²) < 4.78 is 15.7. The lowest BCUT2D eigenvalue weighted by molar-refractivity contribution is -0.385. The Morgan fingerprint density at radius 1 is 1.32 bits per heavy atom. The van der Waals surface area contributed by atoms with Crippen molar-refractivity contribution in [2.24, 2.45) is 0 Å². The van der Waals surface area contributed by atoms with Gasteiger partial charge in [-0.15, -0.1) is 0 Å². The van der Waals surface area contributed by atoms with Crippen LogP contribution in [-0.4, -0.2) is 31.7 Å². The van der Waals surface area contributed by atoms with Gasteiger partial charge in [-0.25, -0.2) is 4.79 Å². The molecule has 0 unspecified atom stereocenters. The number of rotatable bonds is 7. The number of nitrogens with one attached hydrogen (secondary N) is 2. The number of nitrogens with zero attached hydrogens (tertiary/aromatic N) is 1. The van der Waals surface area contributed by atoms with Gasteiger partial charge >= 0.3 is 6.03 Å². The number of nitro benzene ring substituents is 1. The van der Waals surface area contributed by atoms with Crippen LogP contribution in [0.2, 0.25) is 0 Å². The van der Waals surface area contributed by atoms with Crippen LogP contribution in [0.15, 0.2) is 28.9 Å². The molecule has 9 heteroatoms. The second-order valence-electron chi connectivity index (χ2n) is 6.49. The fourth-order valence-corrected chi connectivity index (χ4v) is 3.44. The first-order valence-electron chi connectivity index (χ1n) is 9.03. The van der Waals surface area contributed by atoms with Gasteiger partial charge in [0.05, 0.1) is 37.5 Å². The Hall–Kier alpha value is -3.23.